The highest BCUT2D eigenvalue weighted by atomic mass is 35.5. The first-order chi connectivity index (χ1) is 8.64. The summed E-state index contributed by atoms with van der Waals surface area (Å²) in [6.45, 7) is 0. The van der Waals surface area contributed by atoms with E-state index >= 15 is 0 Å². The number of hydrogen-bond acceptors (Lipinski definition) is 1. The van der Waals surface area contributed by atoms with Crippen molar-refractivity contribution in [1.29, 1.82) is 0 Å². The lowest BCUT2D eigenvalue weighted by molar-refractivity contribution is 0.485. The van der Waals surface area contributed by atoms with E-state index in [9.17, 15) is 0 Å². The van der Waals surface area contributed by atoms with Gasteiger partial charge in [0, 0.05) is 4.90 Å². The summed E-state index contributed by atoms with van der Waals surface area (Å²) in [5.41, 5.74) is 0. The van der Waals surface area contributed by atoms with Crippen molar-refractivity contribution >= 4 is 35.0 Å². The number of thioether (sulfide) groups is 1. The lowest BCUT2D eigenvalue weighted by atomic mass is 10.00. The van der Waals surface area contributed by atoms with Crippen molar-refractivity contribution < 1.29 is 0 Å². The molecule has 0 heterocycles. The van der Waals surface area contributed by atoms with Gasteiger partial charge in [-0.15, -0.1) is 35.0 Å². The molecule has 2 aliphatic carbocycles. The van der Waals surface area contributed by atoms with E-state index in [0.717, 1.165) is 12.8 Å². The van der Waals surface area contributed by atoms with Crippen molar-refractivity contribution in [3.63, 3.8) is 0 Å². The van der Waals surface area contributed by atoms with Crippen LogP contribution in [0.1, 0.15) is 38.5 Å². The first-order valence-corrected chi connectivity index (χ1v) is 8.33. The fraction of sp³-hybridized carbons (Fsp3) is 0.600. The molecule has 0 radical (unpaired) electrons. The van der Waals surface area contributed by atoms with Crippen LogP contribution >= 0.6 is 35.0 Å². The summed E-state index contributed by atoms with van der Waals surface area (Å²) in [7, 11) is 0. The van der Waals surface area contributed by atoms with Crippen molar-refractivity contribution in [2.24, 2.45) is 5.92 Å². The van der Waals surface area contributed by atoms with Gasteiger partial charge in [-0.25, -0.2) is 0 Å². The van der Waals surface area contributed by atoms with Crippen molar-refractivity contribution in [2.45, 2.75) is 52.5 Å². The molecule has 2 fully saturated rings. The minimum Gasteiger partial charge on any atom is -0.116 e. The third-order valence-corrected chi connectivity index (χ3v) is 7.25. The van der Waals surface area contributed by atoms with Gasteiger partial charge in [-0.3, -0.25) is 0 Å². The monoisotopic (exact) mass is 300 g/mol. The molecule has 0 nitrogen and oxygen atoms in total. The standard InChI is InChI=1S/C15H18Cl2S/c16-15(17)10-6-2-3-7-12-11-14(12,15)18-13-8-4-1-5-9-13/h1,4-5,8-9,12H,2-3,6-7,10-11H2. The Morgan fingerprint density at radius 1 is 1.06 bits per heavy atom. The summed E-state index contributed by atoms with van der Waals surface area (Å²) >= 11 is 15.3. The van der Waals surface area contributed by atoms with E-state index < -0.39 is 4.33 Å². The highest BCUT2D eigenvalue weighted by Crippen LogP contribution is 2.69. The molecule has 0 N–H and O–H groups in total. The number of alkyl halides is 2. The largest absolute Gasteiger partial charge is 0.133 e. The van der Waals surface area contributed by atoms with Crippen LogP contribution in [0.15, 0.2) is 35.2 Å². The summed E-state index contributed by atoms with van der Waals surface area (Å²) < 4.78 is -0.490. The molecule has 18 heavy (non-hydrogen) atoms. The molecule has 0 amide bonds. The number of hydrogen-bond donors (Lipinski definition) is 0. The summed E-state index contributed by atoms with van der Waals surface area (Å²) in [6.07, 6.45) is 7.19. The van der Waals surface area contributed by atoms with Crippen molar-refractivity contribution in [3.8, 4) is 0 Å². The SMILES string of the molecule is ClC1(Cl)CCCCCC2CC21Sc1ccccc1. The van der Waals surface area contributed by atoms with Gasteiger partial charge in [-0.1, -0.05) is 37.5 Å². The summed E-state index contributed by atoms with van der Waals surface area (Å²) in [5.74, 6) is 0.706. The van der Waals surface area contributed by atoms with Crippen molar-refractivity contribution in [2.75, 3.05) is 0 Å². The topological polar surface area (TPSA) is 0 Å². The van der Waals surface area contributed by atoms with Gasteiger partial charge in [-0.05, 0) is 37.3 Å². The number of halogens is 2. The number of fused-ring (bicyclic) bond motifs is 1. The third kappa shape index (κ3) is 2.30. The average molecular weight is 301 g/mol. The van der Waals surface area contributed by atoms with Gasteiger partial charge < -0.3 is 0 Å². The molecule has 2 saturated carbocycles. The number of benzene rings is 1. The van der Waals surface area contributed by atoms with Crippen LogP contribution in [0.25, 0.3) is 0 Å². The minimum atomic E-state index is -0.557. The molecule has 3 rings (SSSR count). The molecule has 2 atom stereocenters. The highest BCUT2D eigenvalue weighted by Gasteiger charge is 2.65. The van der Waals surface area contributed by atoms with Crippen molar-refractivity contribution in [1.82, 2.24) is 0 Å². The second kappa shape index (κ2) is 4.92. The Morgan fingerprint density at radius 2 is 1.83 bits per heavy atom. The van der Waals surface area contributed by atoms with Crippen LogP contribution < -0.4 is 0 Å². The van der Waals surface area contributed by atoms with E-state index in [0.29, 0.717) is 5.92 Å². The molecule has 3 heteroatoms. The molecule has 2 unspecified atom stereocenters. The molecule has 0 aromatic heterocycles. The molecule has 1 aromatic carbocycles. The normalized spacial score (nSPS) is 34.2. The predicted octanol–water partition coefficient (Wildman–Crippen LogP) is 5.68. The van der Waals surface area contributed by atoms with Crippen LogP contribution in [0, 0.1) is 5.92 Å². The zero-order valence-corrected chi connectivity index (χ0v) is 12.7. The van der Waals surface area contributed by atoms with E-state index in [1.807, 2.05) is 11.8 Å². The van der Waals surface area contributed by atoms with Crippen LogP contribution in [0.5, 0.6) is 0 Å². The summed E-state index contributed by atoms with van der Waals surface area (Å²) in [4.78, 5) is 1.30. The minimum absolute atomic E-state index is 0.0673. The van der Waals surface area contributed by atoms with Gasteiger partial charge >= 0.3 is 0 Å². The van der Waals surface area contributed by atoms with Crippen LogP contribution in [0.2, 0.25) is 0 Å². The molecule has 2 aliphatic rings. The third-order valence-electron chi connectivity index (χ3n) is 4.25. The van der Waals surface area contributed by atoms with E-state index in [2.05, 4.69) is 30.3 Å². The Hall–Kier alpha value is 0.150. The smallest absolute Gasteiger partial charge is 0.116 e. The maximum absolute atomic E-state index is 6.69. The van der Waals surface area contributed by atoms with Gasteiger partial charge in [0.05, 0.1) is 4.75 Å². The van der Waals surface area contributed by atoms with Gasteiger partial charge in [-0.2, -0.15) is 0 Å². The van der Waals surface area contributed by atoms with Gasteiger partial charge in [0.25, 0.3) is 0 Å². The average Bonchev–Trinajstić information content (AvgIpc) is 3.03. The maximum Gasteiger partial charge on any atom is 0.133 e. The Bertz CT molecular complexity index is 418. The Kier molecular flexibility index (Phi) is 3.59. The lowest BCUT2D eigenvalue weighted by Gasteiger charge is -2.32. The molecule has 0 spiro atoms. The van der Waals surface area contributed by atoms with Gasteiger partial charge in [0.15, 0.2) is 0 Å². The molecule has 98 valence electrons. The quantitative estimate of drug-likeness (QED) is 0.634. The molecule has 0 bridgehead atoms. The summed E-state index contributed by atoms with van der Waals surface area (Å²) in [5, 5.41) is 0. The highest BCUT2D eigenvalue weighted by molar-refractivity contribution is 8.01. The second-order valence-electron chi connectivity index (χ2n) is 5.51. The first-order valence-electron chi connectivity index (χ1n) is 6.76. The maximum atomic E-state index is 6.69. The van der Waals surface area contributed by atoms with Crippen LogP contribution in [0.3, 0.4) is 0 Å². The van der Waals surface area contributed by atoms with E-state index in [4.69, 9.17) is 23.2 Å². The Morgan fingerprint density at radius 3 is 2.61 bits per heavy atom. The number of rotatable bonds is 2. The summed E-state index contributed by atoms with van der Waals surface area (Å²) in [6, 6.07) is 10.6. The zero-order chi connectivity index (χ0) is 12.6. The Balaban J connectivity index is 1.83. The van der Waals surface area contributed by atoms with E-state index in [1.165, 1.54) is 30.6 Å². The molecule has 0 saturated heterocycles. The first kappa shape index (κ1) is 13.1. The predicted molar refractivity (Wildman–Crippen MR) is 80.7 cm³/mol. The zero-order valence-electron chi connectivity index (χ0n) is 10.4. The van der Waals surface area contributed by atoms with Gasteiger partial charge in [0.1, 0.15) is 4.33 Å². The Labute approximate surface area is 123 Å². The molecular formula is C15H18Cl2S. The lowest BCUT2D eigenvalue weighted by Crippen LogP contribution is -2.33. The van der Waals surface area contributed by atoms with Crippen molar-refractivity contribution in [3.05, 3.63) is 30.3 Å². The molecule has 1 aromatic rings. The molecule has 0 aliphatic heterocycles. The van der Waals surface area contributed by atoms with Crippen LogP contribution in [-0.2, 0) is 0 Å². The molecular weight excluding hydrogens is 283 g/mol. The fourth-order valence-electron chi connectivity index (χ4n) is 3.11. The fourth-order valence-corrected chi connectivity index (χ4v) is 5.61. The van der Waals surface area contributed by atoms with Crippen LogP contribution in [0.4, 0.5) is 0 Å². The van der Waals surface area contributed by atoms with Gasteiger partial charge in [0.2, 0.25) is 0 Å². The van der Waals surface area contributed by atoms with E-state index in [-0.39, 0.29) is 4.75 Å². The van der Waals surface area contributed by atoms with E-state index in [1.54, 1.807) is 0 Å². The van der Waals surface area contributed by atoms with Crippen LogP contribution in [-0.4, -0.2) is 9.08 Å². The second-order valence-corrected chi connectivity index (χ2v) is 8.40.